The monoisotopic (exact) mass is 385 g/mol. The van der Waals surface area contributed by atoms with Crippen molar-refractivity contribution in [3.63, 3.8) is 0 Å². The Labute approximate surface area is 161 Å². The van der Waals surface area contributed by atoms with E-state index in [0.29, 0.717) is 11.8 Å². The van der Waals surface area contributed by atoms with E-state index in [2.05, 4.69) is 12.2 Å². The van der Waals surface area contributed by atoms with Crippen LogP contribution in [0.5, 0.6) is 0 Å². The van der Waals surface area contributed by atoms with E-state index >= 15 is 0 Å². The van der Waals surface area contributed by atoms with Crippen molar-refractivity contribution in [1.29, 1.82) is 0 Å². The fraction of sp³-hybridized carbons (Fsp3) is 0.409. The van der Waals surface area contributed by atoms with E-state index in [4.69, 9.17) is 0 Å². The number of benzene rings is 2. The highest BCUT2D eigenvalue weighted by atomic mass is 32.2. The van der Waals surface area contributed by atoms with Gasteiger partial charge in [0.05, 0.1) is 16.7 Å². The van der Waals surface area contributed by atoms with Gasteiger partial charge < -0.3 is 0 Å². The molecule has 144 valence electrons. The number of unbranched alkanes of at least 4 members (excludes halogenated alkanes) is 1. The number of rotatable bonds is 6. The molecule has 1 N–H and O–H groups in total. The van der Waals surface area contributed by atoms with Gasteiger partial charge in [0, 0.05) is 11.1 Å². The van der Waals surface area contributed by atoms with Crippen LogP contribution in [0.1, 0.15) is 67.1 Å². The minimum absolute atomic E-state index is 0.0507. The summed E-state index contributed by atoms with van der Waals surface area (Å²) in [6, 6.07) is 14.7. The van der Waals surface area contributed by atoms with Crippen LogP contribution >= 0.6 is 0 Å². The molecule has 1 heterocycles. The zero-order valence-electron chi connectivity index (χ0n) is 15.9. The van der Waals surface area contributed by atoms with Crippen LogP contribution in [-0.4, -0.2) is 26.0 Å². The van der Waals surface area contributed by atoms with Crippen LogP contribution in [0.4, 0.5) is 0 Å². The first-order valence-electron chi connectivity index (χ1n) is 9.59. The van der Waals surface area contributed by atoms with Crippen molar-refractivity contribution in [3.8, 4) is 0 Å². The van der Waals surface area contributed by atoms with Crippen molar-refractivity contribution in [2.45, 2.75) is 56.0 Å². The van der Waals surface area contributed by atoms with Crippen molar-refractivity contribution in [2.75, 3.05) is 5.75 Å². The molecule has 0 aromatic heterocycles. The Morgan fingerprint density at radius 2 is 1.89 bits per heavy atom. The van der Waals surface area contributed by atoms with Gasteiger partial charge in [-0.1, -0.05) is 69.2 Å². The van der Waals surface area contributed by atoms with E-state index in [9.17, 15) is 13.2 Å². The first kappa shape index (κ1) is 19.8. The van der Waals surface area contributed by atoms with Gasteiger partial charge in [0.25, 0.3) is 0 Å². The minimum Gasteiger partial charge on any atom is -0.300 e. The molecule has 0 aliphatic carbocycles. The second-order valence-electron chi connectivity index (χ2n) is 7.40. The van der Waals surface area contributed by atoms with Crippen molar-refractivity contribution in [3.05, 3.63) is 65.2 Å². The van der Waals surface area contributed by atoms with E-state index in [1.165, 1.54) is 6.07 Å². The maximum Gasteiger partial charge on any atom is 0.180 e. The van der Waals surface area contributed by atoms with Crippen LogP contribution in [0.3, 0.4) is 0 Å². The van der Waals surface area contributed by atoms with Gasteiger partial charge in [-0.05, 0) is 30.0 Å². The molecule has 0 amide bonds. The van der Waals surface area contributed by atoms with Crippen LogP contribution in [0.25, 0.3) is 0 Å². The fourth-order valence-corrected chi connectivity index (χ4v) is 6.12. The number of fused-ring (bicyclic) bond motifs is 1. The topological polar surface area (TPSA) is 63.2 Å². The normalized spacial score (nSPS) is 24.0. The second kappa shape index (κ2) is 7.95. The Hall–Kier alpha value is -1.98. The molecule has 2 atom stereocenters. The summed E-state index contributed by atoms with van der Waals surface area (Å²) in [5, 5.41) is 3.71. The third-order valence-corrected chi connectivity index (χ3v) is 7.51. The molecule has 27 heavy (non-hydrogen) atoms. The summed E-state index contributed by atoms with van der Waals surface area (Å²) in [5.41, 5.74) is 1.65. The predicted octanol–water partition coefficient (Wildman–Crippen LogP) is 4.30. The third kappa shape index (κ3) is 3.99. The molecule has 0 unspecified atom stereocenters. The Bertz CT molecular complexity index is 908. The molecule has 1 aliphatic heterocycles. The number of hydrogen-bond donors (Lipinski definition) is 1. The molecule has 0 bridgehead atoms. The number of hydrogen-bond acceptors (Lipinski definition) is 4. The number of carbonyl (C=O) groups is 1. The SMILES string of the molecule is CCCC[C@]1(CC)CS(=O)(=O)c2cc(C=O)ccc2[C@H](c2ccccc2)N1. The van der Waals surface area contributed by atoms with Gasteiger partial charge >= 0.3 is 0 Å². The Morgan fingerprint density at radius 3 is 2.52 bits per heavy atom. The second-order valence-corrected chi connectivity index (χ2v) is 9.36. The molecular formula is C22H27NO3S. The van der Waals surface area contributed by atoms with Gasteiger partial charge in [0.1, 0.15) is 6.29 Å². The standard InChI is InChI=1S/C22H27NO3S/c1-3-5-13-22(4-2)16-27(25,26)20-14-17(15-24)11-12-19(20)21(23-22)18-9-7-6-8-10-18/h6-12,14-15,21,23H,3-5,13,16H2,1-2H3/t21-,22+/m0/s1. The highest BCUT2D eigenvalue weighted by Gasteiger charge is 2.41. The van der Waals surface area contributed by atoms with E-state index < -0.39 is 15.4 Å². The summed E-state index contributed by atoms with van der Waals surface area (Å²) in [4.78, 5) is 11.5. The first-order chi connectivity index (χ1) is 12.9. The van der Waals surface area contributed by atoms with Crippen LogP contribution in [-0.2, 0) is 9.84 Å². The molecule has 4 nitrogen and oxygen atoms in total. The maximum atomic E-state index is 13.3. The number of sulfone groups is 1. The van der Waals surface area contributed by atoms with Crippen molar-refractivity contribution in [1.82, 2.24) is 5.32 Å². The molecule has 0 radical (unpaired) electrons. The van der Waals surface area contributed by atoms with Gasteiger partial charge in [-0.3, -0.25) is 10.1 Å². The Balaban J connectivity index is 2.22. The largest absolute Gasteiger partial charge is 0.300 e. The third-order valence-electron chi connectivity index (χ3n) is 5.56. The van der Waals surface area contributed by atoms with E-state index in [1.807, 2.05) is 37.3 Å². The van der Waals surface area contributed by atoms with E-state index in [-0.39, 0.29) is 16.7 Å². The molecule has 0 saturated heterocycles. The number of nitrogens with one attached hydrogen (secondary N) is 1. The lowest BCUT2D eigenvalue weighted by molar-refractivity contribution is 0.112. The van der Waals surface area contributed by atoms with Crippen LogP contribution < -0.4 is 5.32 Å². The average molecular weight is 386 g/mol. The molecule has 2 aromatic rings. The molecular weight excluding hydrogens is 358 g/mol. The summed E-state index contributed by atoms with van der Waals surface area (Å²) in [7, 11) is -3.52. The molecule has 2 aromatic carbocycles. The fourth-order valence-electron chi connectivity index (χ4n) is 3.95. The molecule has 0 fully saturated rings. The molecule has 1 aliphatic rings. The van der Waals surface area contributed by atoms with Crippen LogP contribution in [0.2, 0.25) is 0 Å². The van der Waals surface area contributed by atoms with E-state index in [1.54, 1.807) is 12.1 Å². The predicted molar refractivity (Wildman–Crippen MR) is 108 cm³/mol. The lowest BCUT2D eigenvalue weighted by Gasteiger charge is -2.35. The quantitative estimate of drug-likeness (QED) is 0.753. The number of aldehydes is 1. The molecule has 0 spiro atoms. The summed E-state index contributed by atoms with van der Waals surface area (Å²) in [6.07, 6.45) is 4.21. The molecule has 3 rings (SSSR count). The van der Waals surface area contributed by atoms with Crippen molar-refractivity contribution in [2.24, 2.45) is 0 Å². The van der Waals surface area contributed by atoms with Crippen molar-refractivity contribution >= 4 is 16.1 Å². The lowest BCUT2D eigenvalue weighted by atomic mass is 9.88. The minimum atomic E-state index is -3.52. The average Bonchev–Trinajstić information content (AvgIpc) is 2.79. The molecule has 5 heteroatoms. The summed E-state index contributed by atoms with van der Waals surface area (Å²) < 4.78 is 26.6. The summed E-state index contributed by atoms with van der Waals surface area (Å²) in [6.45, 7) is 4.17. The highest BCUT2D eigenvalue weighted by molar-refractivity contribution is 7.91. The smallest absolute Gasteiger partial charge is 0.180 e. The Kier molecular flexibility index (Phi) is 5.82. The Morgan fingerprint density at radius 1 is 1.15 bits per heavy atom. The van der Waals surface area contributed by atoms with Gasteiger partial charge in [0.2, 0.25) is 0 Å². The van der Waals surface area contributed by atoms with Gasteiger partial charge in [0.15, 0.2) is 9.84 Å². The zero-order chi connectivity index (χ0) is 19.5. The first-order valence-corrected chi connectivity index (χ1v) is 11.2. The van der Waals surface area contributed by atoms with Gasteiger partial charge in [-0.2, -0.15) is 0 Å². The van der Waals surface area contributed by atoms with Gasteiger partial charge in [-0.25, -0.2) is 8.42 Å². The maximum absolute atomic E-state index is 13.3. The van der Waals surface area contributed by atoms with Crippen LogP contribution in [0.15, 0.2) is 53.4 Å². The van der Waals surface area contributed by atoms with E-state index in [0.717, 1.165) is 36.8 Å². The molecule has 0 saturated carbocycles. The van der Waals surface area contributed by atoms with Gasteiger partial charge in [-0.15, -0.1) is 0 Å². The van der Waals surface area contributed by atoms with Crippen LogP contribution in [0, 0.1) is 0 Å². The summed E-state index contributed by atoms with van der Waals surface area (Å²) in [5.74, 6) is 0.0507. The zero-order valence-corrected chi connectivity index (χ0v) is 16.8. The lowest BCUT2D eigenvalue weighted by Crippen LogP contribution is -2.50. The number of carbonyl (C=O) groups excluding carboxylic acids is 1. The summed E-state index contributed by atoms with van der Waals surface area (Å²) >= 11 is 0. The highest BCUT2D eigenvalue weighted by Crippen LogP contribution is 2.38. The van der Waals surface area contributed by atoms with Crippen molar-refractivity contribution < 1.29 is 13.2 Å².